The average Bonchev–Trinajstić information content (AvgIpc) is 2.28. The molecule has 0 fully saturated rings. The third kappa shape index (κ3) is 3.30. The fourth-order valence-electron chi connectivity index (χ4n) is 1.20. The van der Waals surface area contributed by atoms with E-state index in [4.69, 9.17) is 32.6 Å². The minimum absolute atomic E-state index is 0.0387. The number of hydrogen-bond donors (Lipinski definition) is 1. The van der Waals surface area contributed by atoms with E-state index < -0.39 is 5.97 Å². The first kappa shape index (κ1) is 13.2. The Kier molecular flexibility index (Phi) is 4.68. The van der Waals surface area contributed by atoms with Gasteiger partial charge in [0.05, 0.1) is 17.2 Å². The minimum Gasteiger partial charge on any atom is -0.490 e. The molecule has 0 radical (unpaired) electrons. The fraction of sp³-hybridized carbons (Fsp3) is 0.250. The Balaban J connectivity index is 3.16. The molecule has 17 heavy (non-hydrogen) atoms. The van der Waals surface area contributed by atoms with Crippen molar-refractivity contribution in [2.45, 2.75) is 6.92 Å². The third-order valence-electron chi connectivity index (χ3n) is 1.87. The van der Waals surface area contributed by atoms with Crippen LogP contribution in [0.1, 0.15) is 17.3 Å². The van der Waals surface area contributed by atoms with Crippen LogP contribution in [0.15, 0.2) is 12.1 Å². The van der Waals surface area contributed by atoms with Crippen LogP contribution in [0.2, 0.25) is 5.02 Å². The number of carboxylic acid groups (broad SMARTS) is 1. The molecule has 0 saturated carbocycles. The molecule has 90 valence electrons. The molecule has 1 N–H and O–H groups in total. The number of benzene rings is 1. The summed E-state index contributed by atoms with van der Waals surface area (Å²) in [6, 6.07) is 2.70. The predicted octanol–water partition coefficient (Wildman–Crippen LogP) is 2.45. The molecule has 0 bridgehead atoms. The molecule has 1 rings (SSSR count). The summed E-state index contributed by atoms with van der Waals surface area (Å²) in [6.45, 7) is 2.22. The lowest BCUT2D eigenvalue weighted by molar-refractivity contribution is 0.0696. The normalized spacial score (nSPS) is 9.47. The summed E-state index contributed by atoms with van der Waals surface area (Å²) in [5.41, 5.74) is -0.0387. The van der Waals surface area contributed by atoms with E-state index in [-0.39, 0.29) is 17.2 Å². The smallest absolute Gasteiger partial charge is 0.337 e. The maximum Gasteiger partial charge on any atom is 0.337 e. The van der Waals surface area contributed by atoms with Crippen LogP contribution in [-0.4, -0.2) is 24.3 Å². The summed E-state index contributed by atoms with van der Waals surface area (Å²) in [6.07, 6.45) is 5.07. The first-order valence-electron chi connectivity index (χ1n) is 4.86. The maximum absolute atomic E-state index is 10.9. The van der Waals surface area contributed by atoms with E-state index in [1.54, 1.807) is 6.92 Å². The lowest BCUT2D eigenvalue weighted by atomic mass is 10.2. The third-order valence-corrected chi connectivity index (χ3v) is 2.19. The van der Waals surface area contributed by atoms with Gasteiger partial charge in [0.25, 0.3) is 0 Å². The van der Waals surface area contributed by atoms with Crippen LogP contribution in [0.25, 0.3) is 0 Å². The van der Waals surface area contributed by atoms with Crippen molar-refractivity contribution in [3.63, 3.8) is 0 Å². The fourth-order valence-corrected chi connectivity index (χ4v) is 1.43. The quantitative estimate of drug-likeness (QED) is 0.820. The molecular weight excluding hydrogens is 244 g/mol. The highest BCUT2D eigenvalue weighted by molar-refractivity contribution is 6.33. The first-order chi connectivity index (χ1) is 8.10. The van der Waals surface area contributed by atoms with Gasteiger partial charge in [-0.3, -0.25) is 0 Å². The Labute approximate surface area is 104 Å². The number of carboxylic acids is 1. The van der Waals surface area contributed by atoms with Crippen molar-refractivity contribution in [1.82, 2.24) is 0 Å². The summed E-state index contributed by atoms with van der Waals surface area (Å²) in [5.74, 6) is 1.82. The van der Waals surface area contributed by atoms with Crippen LogP contribution < -0.4 is 9.47 Å². The van der Waals surface area contributed by atoms with E-state index in [2.05, 4.69) is 5.92 Å². The summed E-state index contributed by atoms with van der Waals surface area (Å²) in [4.78, 5) is 10.9. The summed E-state index contributed by atoms with van der Waals surface area (Å²) in [7, 11) is 0. The van der Waals surface area contributed by atoms with E-state index in [0.29, 0.717) is 18.1 Å². The van der Waals surface area contributed by atoms with Crippen LogP contribution in [0, 0.1) is 12.3 Å². The number of terminal acetylenes is 1. The van der Waals surface area contributed by atoms with Crippen molar-refractivity contribution in [2.24, 2.45) is 0 Å². The topological polar surface area (TPSA) is 55.8 Å². The van der Waals surface area contributed by atoms with Crippen LogP contribution in [0.5, 0.6) is 11.5 Å². The van der Waals surface area contributed by atoms with Crippen molar-refractivity contribution < 1.29 is 19.4 Å². The molecular formula is C12H11ClO4. The number of halogens is 1. The number of carbonyl (C=O) groups is 1. The molecule has 0 aliphatic rings. The Morgan fingerprint density at radius 3 is 2.65 bits per heavy atom. The monoisotopic (exact) mass is 254 g/mol. The summed E-state index contributed by atoms with van der Waals surface area (Å²) in [5, 5.41) is 8.99. The molecule has 1 aromatic rings. The Morgan fingerprint density at radius 1 is 1.47 bits per heavy atom. The molecule has 0 saturated heterocycles. The van der Waals surface area contributed by atoms with Gasteiger partial charge in [0.15, 0.2) is 11.5 Å². The SMILES string of the molecule is C#CCOc1cc(Cl)c(C(=O)O)cc1OCC. The van der Waals surface area contributed by atoms with Gasteiger partial charge in [0.2, 0.25) is 0 Å². The molecule has 0 spiro atoms. The lowest BCUT2D eigenvalue weighted by Gasteiger charge is -2.12. The number of rotatable bonds is 5. The number of hydrogen-bond acceptors (Lipinski definition) is 3. The molecule has 1 aromatic carbocycles. The molecule has 0 atom stereocenters. The Hall–Kier alpha value is -1.86. The maximum atomic E-state index is 10.9. The molecule has 5 heteroatoms. The molecule has 0 heterocycles. The van der Waals surface area contributed by atoms with Crippen LogP contribution in [0.3, 0.4) is 0 Å². The molecule has 0 aromatic heterocycles. The van der Waals surface area contributed by atoms with Crippen molar-refractivity contribution in [3.8, 4) is 23.8 Å². The van der Waals surface area contributed by atoms with Gasteiger partial charge in [-0.2, -0.15) is 0 Å². The van der Waals surface area contributed by atoms with E-state index in [1.807, 2.05) is 0 Å². The largest absolute Gasteiger partial charge is 0.490 e. The molecule has 0 amide bonds. The van der Waals surface area contributed by atoms with E-state index in [0.717, 1.165) is 0 Å². The zero-order valence-electron chi connectivity index (χ0n) is 9.20. The van der Waals surface area contributed by atoms with Crippen molar-refractivity contribution in [3.05, 3.63) is 22.7 Å². The van der Waals surface area contributed by atoms with Gasteiger partial charge >= 0.3 is 5.97 Å². The zero-order chi connectivity index (χ0) is 12.8. The summed E-state index contributed by atoms with van der Waals surface area (Å²) < 4.78 is 10.5. The number of ether oxygens (including phenoxy) is 2. The molecule has 4 nitrogen and oxygen atoms in total. The highest BCUT2D eigenvalue weighted by Crippen LogP contribution is 2.33. The van der Waals surface area contributed by atoms with Gasteiger partial charge in [-0.15, -0.1) is 6.42 Å². The average molecular weight is 255 g/mol. The Morgan fingerprint density at radius 2 is 2.12 bits per heavy atom. The highest BCUT2D eigenvalue weighted by atomic mass is 35.5. The van der Waals surface area contributed by atoms with Gasteiger partial charge in [-0.1, -0.05) is 17.5 Å². The minimum atomic E-state index is -1.13. The van der Waals surface area contributed by atoms with Gasteiger partial charge < -0.3 is 14.6 Å². The zero-order valence-corrected chi connectivity index (χ0v) is 9.95. The van der Waals surface area contributed by atoms with Gasteiger partial charge in [0.1, 0.15) is 6.61 Å². The molecule has 0 aliphatic heterocycles. The van der Waals surface area contributed by atoms with Crippen molar-refractivity contribution >= 4 is 17.6 Å². The van der Waals surface area contributed by atoms with Gasteiger partial charge in [-0.05, 0) is 6.92 Å². The molecule has 0 aliphatic carbocycles. The van der Waals surface area contributed by atoms with E-state index >= 15 is 0 Å². The second kappa shape index (κ2) is 6.02. The van der Waals surface area contributed by atoms with Crippen LogP contribution in [0.4, 0.5) is 0 Å². The van der Waals surface area contributed by atoms with Crippen LogP contribution >= 0.6 is 11.6 Å². The van der Waals surface area contributed by atoms with Gasteiger partial charge in [-0.25, -0.2) is 4.79 Å². The predicted molar refractivity (Wildman–Crippen MR) is 63.9 cm³/mol. The number of aromatic carboxylic acids is 1. The summed E-state index contributed by atoms with van der Waals surface area (Å²) >= 11 is 5.81. The lowest BCUT2D eigenvalue weighted by Crippen LogP contribution is -2.03. The molecule has 0 unspecified atom stereocenters. The van der Waals surface area contributed by atoms with Crippen molar-refractivity contribution in [1.29, 1.82) is 0 Å². The standard InChI is InChI=1S/C12H11ClO4/c1-3-5-17-11-7-9(13)8(12(14)15)6-10(11)16-4-2/h1,6-7H,4-5H2,2H3,(H,14,15). The second-order valence-corrected chi connectivity index (χ2v) is 3.42. The van der Waals surface area contributed by atoms with Crippen LogP contribution in [-0.2, 0) is 0 Å². The van der Waals surface area contributed by atoms with Gasteiger partial charge in [0, 0.05) is 12.1 Å². The van der Waals surface area contributed by atoms with E-state index in [1.165, 1.54) is 12.1 Å². The first-order valence-corrected chi connectivity index (χ1v) is 5.23. The highest BCUT2D eigenvalue weighted by Gasteiger charge is 2.15. The van der Waals surface area contributed by atoms with E-state index in [9.17, 15) is 4.79 Å². The van der Waals surface area contributed by atoms with Crippen molar-refractivity contribution in [2.75, 3.05) is 13.2 Å². The Bertz CT molecular complexity index is 462. The second-order valence-electron chi connectivity index (χ2n) is 3.01.